The molecule has 0 radical (unpaired) electrons. The molecule has 0 bridgehead atoms. The maximum Gasteiger partial charge on any atom is 0.126 e. The highest BCUT2D eigenvalue weighted by Gasteiger charge is 2.04. The first-order valence-corrected chi connectivity index (χ1v) is 6.69. The number of methoxy groups -OCH3 is 1. The SMILES string of the molecule is CCNc1ccc(Cl)c(COCCOCCOC)n1. The third-order valence-corrected chi connectivity index (χ3v) is 2.66. The van der Waals surface area contributed by atoms with Crippen molar-refractivity contribution in [2.45, 2.75) is 13.5 Å². The number of hydrogen-bond acceptors (Lipinski definition) is 5. The molecule has 0 aromatic carbocycles. The van der Waals surface area contributed by atoms with Crippen LogP contribution in [0.15, 0.2) is 12.1 Å². The van der Waals surface area contributed by atoms with Crippen molar-refractivity contribution in [2.75, 3.05) is 45.4 Å². The summed E-state index contributed by atoms with van der Waals surface area (Å²) < 4.78 is 15.6. The van der Waals surface area contributed by atoms with E-state index in [1.807, 2.05) is 19.1 Å². The fraction of sp³-hybridized carbons (Fsp3) is 0.615. The molecule has 1 N–H and O–H groups in total. The summed E-state index contributed by atoms with van der Waals surface area (Å²) in [5, 5.41) is 3.75. The zero-order valence-electron chi connectivity index (χ0n) is 11.4. The van der Waals surface area contributed by atoms with Crippen LogP contribution < -0.4 is 5.32 Å². The second kappa shape index (κ2) is 9.97. The molecule has 1 aromatic heterocycles. The topological polar surface area (TPSA) is 52.6 Å². The standard InChI is InChI=1S/C13H21ClN2O3/c1-3-15-13-5-4-11(14)12(16-13)10-19-9-8-18-7-6-17-2/h4-5H,3,6-10H2,1-2H3,(H,15,16). The summed E-state index contributed by atoms with van der Waals surface area (Å²) in [6.07, 6.45) is 0. The van der Waals surface area contributed by atoms with Gasteiger partial charge in [0.15, 0.2) is 0 Å². The third-order valence-electron chi connectivity index (χ3n) is 2.32. The molecule has 0 atom stereocenters. The van der Waals surface area contributed by atoms with Gasteiger partial charge >= 0.3 is 0 Å². The summed E-state index contributed by atoms with van der Waals surface area (Å²) in [6.45, 7) is 5.44. The molecule has 1 aromatic rings. The van der Waals surface area contributed by atoms with Crippen molar-refractivity contribution in [3.63, 3.8) is 0 Å². The minimum absolute atomic E-state index is 0.381. The average Bonchev–Trinajstić information content (AvgIpc) is 2.41. The van der Waals surface area contributed by atoms with Crippen molar-refractivity contribution in [3.8, 4) is 0 Å². The molecule has 0 unspecified atom stereocenters. The molecule has 108 valence electrons. The fourth-order valence-corrected chi connectivity index (χ4v) is 1.56. The molecule has 1 rings (SSSR count). The number of aromatic nitrogens is 1. The summed E-state index contributed by atoms with van der Waals surface area (Å²) >= 11 is 6.06. The van der Waals surface area contributed by atoms with Gasteiger partial charge in [-0.1, -0.05) is 11.6 Å². The zero-order chi connectivity index (χ0) is 13.9. The van der Waals surface area contributed by atoms with Crippen molar-refractivity contribution in [1.29, 1.82) is 0 Å². The highest BCUT2D eigenvalue weighted by atomic mass is 35.5. The predicted octanol–water partition coefficient (Wildman–Crippen LogP) is 2.35. The number of rotatable bonds is 10. The lowest BCUT2D eigenvalue weighted by Gasteiger charge is -2.09. The van der Waals surface area contributed by atoms with Crippen LogP contribution in [0.2, 0.25) is 5.02 Å². The Kier molecular flexibility index (Phi) is 8.49. The predicted molar refractivity (Wildman–Crippen MR) is 75.8 cm³/mol. The Morgan fingerprint density at radius 1 is 1.16 bits per heavy atom. The van der Waals surface area contributed by atoms with E-state index in [1.165, 1.54) is 0 Å². The van der Waals surface area contributed by atoms with Crippen LogP contribution in [-0.2, 0) is 20.8 Å². The van der Waals surface area contributed by atoms with Crippen LogP contribution in [0.4, 0.5) is 5.82 Å². The number of pyridine rings is 1. The number of nitrogens with one attached hydrogen (secondary N) is 1. The largest absolute Gasteiger partial charge is 0.382 e. The van der Waals surface area contributed by atoms with Crippen LogP contribution in [0.1, 0.15) is 12.6 Å². The van der Waals surface area contributed by atoms with E-state index in [4.69, 9.17) is 25.8 Å². The second-order valence-corrected chi connectivity index (χ2v) is 4.22. The maximum absolute atomic E-state index is 6.06. The van der Waals surface area contributed by atoms with E-state index in [0.717, 1.165) is 18.1 Å². The number of halogens is 1. The van der Waals surface area contributed by atoms with Gasteiger partial charge in [-0.3, -0.25) is 0 Å². The Bertz CT molecular complexity index is 364. The van der Waals surface area contributed by atoms with Crippen LogP contribution >= 0.6 is 11.6 Å². The molecular weight excluding hydrogens is 268 g/mol. The summed E-state index contributed by atoms with van der Waals surface area (Å²) in [4.78, 5) is 4.38. The Balaban J connectivity index is 2.26. The van der Waals surface area contributed by atoms with E-state index in [2.05, 4.69) is 10.3 Å². The van der Waals surface area contributed by atoms with E-state index in [0.29, 0.717) is 38.1 Å². The van der Waals surface area contributed by atoms with Crippen LogP contribution in [0.5, 0.6) is 0 Å². The molecule has 0 aliphatic heterocycles. The lowest BCUT2D eigenvalue weighted by atomic mass is 10.3. The maximum atomic E-state index is 6.06. The van der Waals surface area contributed by atoms with Gasteiger partial charge in [0.05, 0.1) is 43.8 Å². The van der Waals surface area contributed by atoms with Gasteiger partial charge in [0.2, 0.25) is 0 Å². The Hall–Kier alpha value is -0.880. The molecule has 0 saturated carbocycles. The molecular formula is C13H21ClN2O3. The first kappa shape index (κ1) is 16.2. The lowest BCUT2D eigenvalue weighted by molar-refractivity contribution is 0.0193. The van der Waals surface area contributed by atoms with Gasteiger partial charge in [0, 0.05) is 13.7 Å². The smallest absolute Gasteiger partial charge is 0.126 e. The Morgan fingerprint density at radius 2 is 1.89 bits per heavy atom. The number of nitrogens with zero attached hydrogens (tertiary/aromatic N) is 1. The van der Waals surface area contributed by atoms with Gasteiger partial charge in [0.25, 0.3) is 0 Å². The van der Waals surface area contributed by atoms with E-state index in [9.17, 15) is 0 Å². The molecule has 0 saturated heterocycles. The van der Waals surface area contributed by atoms with Gasteiger partial charge in [-0.2, -0.15) is 0 Å². The van der Waals surface area contributed by atoms with E-state index >= 15 is 0 Å². The third kappa shape index (κ3) is 6.73. The van der Waals surface area contributed by atoms with Crippen LogP contribution in [0.25, 0.3) is 0 Å². The summed E-state index contributed by atoms with van der Waals surface area (Å²) in [5.74, 6) is 0.807. The molecule has 0 fully saturated rings. The Morgan fingerprint density at radius 3 is 2.63 bits per heavy atom. The first-order valence-electron chi connectivity index (χ1n) is 6.31. The zero-order valence-corrected chi connectivity index (χ0v) is 12.2. The quantitative estimate of drug-likeness (QED) is 0.670. The van der Waals surface area contributed by atoms with Crippen LogP contribution in [-0.4, -0.2) is 45.1 Å². The molecule has 0 amide bonds. The van der Waals surface area contributed by atoms with Crippen LogP contribution in [0, 0.1) is 0 Å². The normalized spacial score (nSPS) is 10.7. The van der Waals surface area contributed by atoms with Crippen molar-refractivity contribution in [3.05, 3.63) is 22.8 Å². The minimum Gasteiger partial charge on any atom is -0.382 e. The van der Waals surface area contributed by atoms with Gasteiger partial charge in [-0.15, -0.1) is 0 Å². The highest BCUT2D eigenvalue weighted by Crippen LogP contribution is 2.17. The van der Waals surface area contributed by atoms with Gasteiger partial charge in [-0.05, 0) is 19.1 Å². The van der Waals surface area contributed by atoms with E-state index in [-0.39, 0.29) is 0 Å². The Labute approximate surface area is 119 Å². The summed E-state index contributed by atoms with van der Waals surface area (Å²) in [7, 11) is 1.64. The van der Waals surface area contributed by atoms with Gasteiger partial charge in [0.1, 0.15) is 5.82 Å². The number of ether oxygens (including phenoxy) is 3. The van der Waals surface area contributed by atoms with Crippen molar-refractivity contribution in [1.82, 2.24) is 4.98 Å². The van der Waals surface area contributed by atoms with Gasteiger partial charge in [-0.25, -0.2) is 4.98 Å². The molecule has 6 heteroatoms. The lowest BCUT2D eigenvalue weighted by Crippen LogP contribution is -2.09. The van der Waals surface area contributed by atoms with Crippen LogP contribution in [0.3, 0.4) is 0 Å². The monoisotopic (exact) mass is 288 g/mol. The van der Waals surface area contributed by atoms with Crippen molar-refractivity contribution in [2.24, 2.45) is 0 Å². The number of hydrogen-bond donors (Lipinski definition) is 1. The molecule has 1 heterocycles. The molecule has 5 nitrogen and oxygen atoms in total. The van der Waals surface area contributed by atoms with E-state index in [1.54, 1.807) is 7.11 Å². The second-order valence-electron chi connectivity index (χ2n) is 3.81. The fourth-order valence-electron chi connectivity index (χ4n) is 1.40. The molecule has 19 heavy (non-hydrogen) atoms. The van der Waals surface area contributed by atoms with Crippen molar-refractivity contribution >= 4 is 17.4 Å². The summed E-state index contributed by atoms with van der Waals surface area (Å²) in [6, 6.07) is 3.67. The number of anilines is 1. The summed E-state index contributed by atoms with van der Waals surface area (Å²) in [5.41, 5.74) is 0.733. The van der Waals surface area contributed by atoms with Gasteiger partial charge < -0.3 is 19.5 Å². The van der Waals surface area contributed by atoms with Crippen molar-refractivity contribution < 1.29 is 14.2 Å². The molecule has 0 aliphatic rings. The molecule has 0 aliphatic carbocycles. The highest BCUT2D eigenvalue weighted by molar-refractivity contribution is 6.31. The molecule has 0 spiro atoms. The average molecular weight is 289 g/mol. The first-order chi connectivity index (χ1) is 9.27. The minimum atomic E-state index is 0.381. The van der Waals surface area contributed by atoms with E-state index < -0.39 is 0 Å².